The normalized spacial score (nSPS) is 12.4. The minimum Gasteiger partial charge on any atom is -0.467 e. The van der Waals surface area contributed by atoms with Crippen molar-refractivity contribution >= 4 is 51.0 Å². The molecule has 0 bridgehead atoms. The SMILES string of the molecule is CC(OC(=O)C=Cc1sc2ccccc2c1Cl)C(=O)NCc1ccco1. The van der Waals surface area contributed by atoms with Gasteiger partial charge in [-0.3, -0.25) is 4.79 Å². The molecule has 1 atom stereocenters. The van der Waals surface area contributed by atoms with Crippen LogP contribution in [0.25, 0.3) is 16.2 Å². The zero-order valence-electron chi connectivity index (χ0n) is 13.9. The molecule has 1 N–H and O–H groups in total. The van der Waals surface area contributed by atoms with Crippen molar-refractivity contribution < 1.29 is 18.7 Å². The summed E-state index contributed by atoms with van der Waals surface area (Å²) >= 11 is 7.80. The Labute approximate surface area is 159 Å². The predicted molar refractivity (Wildman–Crippen MR) is 102 cm³/mol. The Morgan fingerprint density at radius 3 is 2.85 bits per heavy atom. The molecule has 0 aliphatic heterocycles. The summed E-state index contributed by atoms with van der Waals surface area (Å²) in [5, 5.41) is 4.18. The van der Waals surface area contributed by atoms with Crippen LogP contribution in [-0.4, -0.2) is 18.0 Å². The van der Waals surface area contributed by atoms with Gasteiger partial charge in [0.15, 0.2) is 6.10 Å². The van der Waals surface area contributed by atoms with E-state index in [4.69, 9.17) is 20.8 Å². The van der Waals surface area contributed by atoms with Gasteiger partial charge < -0.3 is 14.5 Å². The lowest BCUT2D eigenvalue weighted by Gasteiger charge is -2.11. The third-order valence-corrected chi connectivity index (χ3v) is 5.26. The Kier molecular flexibility index (Phi) is 5.75. The quantitative estimate of drug-likeness (QED) is 0.501. The van der Waals surface area contributed by atoms with Crippen molar-refractivity contribution in [1.29, 1.82) is 0 Å². The minimum atomic E-state index is -0.917. The summed E-state index contributed by atoms with van der Waals surface area (Å²) in [5.74, 6) is -0.390. The van der Waals surface area contributed by atoms with E-state index in [1.807, 2.05) is 24.3 Å². The van der Waals surface area contributed by atoms with Crippen molar-refractivity contribution in [3.8, 4) is 0 Å². The number of benzene rings is 1. The number of fused-ring (bicyclic) bond motifs is 1. The summed E-state index contributed by atoms with van der Waals surface area (Å²) in [6.07, 6.45) is 3.48. The molecule has 1 unspecified atom stereocenters. The van der Waals surface area contributed by atoms with Crippen LogP contribution >= 0.6 is 22.9 Å². The second-order valence-electron chi connectivity index (χ2n) is 5.49. The highest BCUT2D eigenvalue weighted by molar-refractivity contribution is 7.20. The molecule has 0 aliphatic carbocycles. The van der Waals surface area contributed by atoms with Gasteiger partial charge in [0.05, 0.1) is 17.8 Å². The van der Waals surface area contributed by atoms with Crippen LogP contribution in [0.2, 0.25) is 5.02 Å². The van der Waals surface area contributed by atoms with Crippen molar-refractivity contribution in [2.24, 2.45) is 0 Å². The highest BCUT2D eigenvalue weighted by Gasteiger charge is 2.16. The van der Waals surface area contributed by atoms with E-state index in [1.54, 1.807) is 18.2 Å². The standard InChI is InChI=1S/C19H16ClNO4S/c1-12(19(23)21-11-13-5-4-10-24-13)25-17(22)9-8-16-18(20)14-6-2-3-7-15(14)26-16/h2-10,12H,11H2,1H3,(H,21,23). The molecule has 0 spiro atoms. The number of esters is 1. The lowest BCUT2D eigenvalue weighted by Crippen LogP contribution is -2.35. The molecule has 2 heterocycles. The van der Waals surface area contributed by atoms with Crippen LogP contribution in [0.4, 0.5) is 0 Å². The molecule has 3 rings (SSSR count). The van der Waals surface area contributed by atoms with E-state index < -0.39 is 18.0 Å². The molecule has 1 amide bonds. The summed E-state index contributed by atoms with van der Waals surface area (Å²) in [5.41, 5.74) is 0. The molecule has 3 aromatic rings. The summed E-state index contributed by atoms with van der Waals surface area (Å²) in [4.78, 5) is 24.7. The van der Waals surface area contributed by atoms with Crippen LogP contribution in [0.15, 0.2) is 53.2 Å². The summed E-state index contributed by atoms with van der Waals surface area (Å²) in [7, 11) is 0. The first kappa shape index (κ1) is 18.2. The molecule has 5 nitrogen and oxygen atoms in total. The van der Waals surface area contributed by atoms with Crippen molar-refractivity contribution in [2.75, 3.05) is 0 Å². The van der Waals surface area contributed by atoms with Crippen LogP contribution in [0.5, 0.6) is 0 Å². The van der Waals surface area contributed by atoms with E-state index >= 15 is 0 Å². The maximum Gasteiger partial charge on any atom is 0.331 e. The molecular formula is C19H16ClNO4S. The van der Waals surface area contributed by atoms with E-state index in [0.29, 0.717) is 10.8 Å². The van der Waals surface area contributed by atoms with E-state index in [0.717, 1.165) is 15.0 Å². The fourth-order valence-corrected chi connectivity index (χ4v) is 3.68. The number of furan rings is 1. The zero-order valence-corrected chi connectivity index (χ0v) is 15.5. The third kappa shape index (κ3) is 4.33. The average molecular weight is 390 g/mol. The molecule has 134 valence electrons. The van der Waals surface area contributed by atoms with Crippen molar-refractivity contribution in [1.82, 2.24) is 5.32 Å². The van der Waals surface area contributed by atoms with Crippen LogP contribution < -0.4 is 5.32 Å². The monoisotopic (exact) mass is 389 g/mol. The lowest BCUT2D eigenvalue weighted by molar-refractivity contribution is -0.150. The van der Waals surface area contributed by atoms with Gasteiger partial charge in [-0.05, 0) is 31.2 Å². The summed E-state index contributed by atoms with van der Waals surface area (Å²) in [6, 6.07) is 11.2. The molecule has 0 aliphatic rings. The number of nitrogens with one attached hydrogen (secondary N) is 1. The van der Waals surface area contributed by atoms with Gasteiger partial charge in [-0.1, -0.05) is 29.8 Å². The number of halogens is 1. The number of rotatable bonds is 6. The van der Waals surface area contributed by atoms with Gasteiger partial charge in [0, 0.05) is 21.0 Å². The number of carbonyl (C=O) groups is 2. The molecule has 2 aromatic heterocycles. The molecule has 0 saturated carbocycles. The number of ether oxygens (including phenoxy) is 1. The summed E-state index contributed by atoms with van der Waals surface area (Å²) < 4.78 is 11.3. The topological polar surface area (TPSA) is 68.5 Å². The number of hydrogen-bond donors (Lipinski definition) is 1. The second kappa shape index (κ2) is 8.21. The van der Waals surface area contributed by atoms with Crippen molar-refractivity contribution in [3.05, 3.63) is 64.4 Å². The Balaban J connectivity index is 1.56. The van der Waals surface area contributed by atoms with Crippen LogP contribution in [0, 0.1) is 0 Å². The Morgan fingerprint density at radius 2 is 2.12 bits per heavy atom. The highest BCUT2D eigenvalue weighted by atomic mass is 35.5. The fourth-order valence-electron chi connectivity index (χ4n) is 2.28. The first-order valence-electron chi connectivity index (χ1n) is 7.90. The van der Waals surface area contributed by atoms with Gasteiger partial charge in [0.2, 0.25) is 0 Å². The third-order valence-electron chi connectivity index (χ3n) is 3.61. The van der Waals surface area contributed by atoms with Gasteiger partial charge in [-0.25, -0.2) is 4.79 Å². The van der Waals surface area contributed by atoms with Crippen molar-refractivity contribution in [3.63, 3.8) is 0 Å². The van der Waals surface area contributed by atoms with Gasteiger partial charge in [0.25, 0.3) is 5.91 Å². The van der Waals surface area contributed by atoms with E-state index in [2.05, 4.69) is 5.32 Å². The molecule has 0 saturated heterocycles. The van der Waals surface area contributed by atoms with Crippen molar-refractivity contribution in [2.45, 2.75) is 19.6 Å². The lowest BCUT2D eigenvalue weighted by atomic mass is 10.2. The number of amides is 1. The molecule has 1 aromatic carbocycles. The predicted octanol–water partition coefficient (Wildman–Crippen LogP) is 4.41. The van der Waals surface area contributed by atoms with Gasteiger partial charge in [-0.15, -0.1) is 11.3 Å². The minimum absolute atomic E-state index is 0.237. The maximum atomic E-state index is 11.9. The Bertz CT molecular complexity index is 946. The first-order chi connectivity index (χ1) is 12.5. The highest BCUT2D eigenvalue weighted by Crippen LogP contribution is 2.35. The van der Waals surface area contributed by atoms with Crippen LogP contribution in [0.3, 0.4) is 0 Å². The Morgan fingerprint density at radius 1 is 1.31 bits per heavy atom. The van der Waals surface area contributed by atoms with E-state index in [-0.39, 0.29) is 6.54 Å². The Hall–Kier alpha value is -2.57. The number of hydrogen-bond acceptors (Lipinski definition) is 5. The molecule has 0 radical (unpaired) electrons. The van der Waals surface area contributed by atoms with Gasteiger partial charge >= 0.3 is 5.97 Å². The van der Waals surface area contributed by atoms with Gasteiger partial charge in [0.1, 0.15) is 5.76 Å². The van der Waals surface area contributed by atoms with Gasteiger partial charge in [-0.2, -0.15) is 0 Å². The smallest absolute Gasteiger partial charge is 0.331 e. The zero-order chi connectivity index (χ0) is 18.5. The van der Waals surface area contributed by atoms with Crippen LogP contribution in [-0.2, 0) is 20.9 Å². The maximum absolute atomic E-state index is 11.9. The van der Waals surface area contributed by atoms with Crippen LogP contribution in [0.1, 0.15) is 17.6 Å². The fraction of sp³-hybridized carbons (Fsp3) is 0.158. The second-order valence-corrected chi connectivity index (χ2v) is 6.95. The molecular weight excluding hydrogens is 374 g/mol. The molecule has 0 fully saturated rings. The summed E-state index contributed by atoms with van der Waals surface area (Å²) in [6.45, 7) is 1.75. The molecule has 26 heavy (non-hydrogen) atoms. The average Bonchev–Trinajstić information content (AvgIpc) is 3.26. The number of thiophene rings is 1. The largest absolute Gasteiger partial charge is 0.467 e. The van der Waals surface area contributed by atoms with E-state index in [9.17, 15) is 9.59 Å². The number of carbonyl (C=O) groups excluding carboxylic acids is 2. The first-order valence-corrected chi connectivity index (χ1v) is 9.10. The van der Waals surface area contributed by atoms with E-state index in [1.165, 1.54) is 30.6 Å². The molecule has 7 heteroatoms.